The number of benzene rings is 2. The quantitative estimate of drug-likeness (QED) is 0.868. The van der Waals surface area contributed by atoms with Gasteiger partial charge >= 0.3 is 0 Å². The normalized spacial score (nSPS) is 13.0. The number of nitrogens with two attached hydrogens (primary N) is 1. The Balaban J connectivity index is 2.35. The molecular weight excluding hydrogens is 265 g/mol. The Labute approximate surface area is 125 Å². The Kier molecular flexibility index (Phi) is 4.33. The maximum Gasteiger partial charge on any atom is 0.166 e. The topological polar surface area (TPSA) is 35.2 Å². The molecule has 0 radical (unpaired) electrons. The number of rotatable bonds is 3. The SMILES string of the molecule is C[C@@H](N)c1ccc(Oc2ccccc2C(C)(C)C)c(F)c1. The maximum absolute atomic E-state index is 14.1. The van der Waals surface area contributed by atoms with Gasteiger partial charge in [0.25, 0.3) is 0 Å². The highest BCUT2D eigenvalue weighted by atomic mass is 19.1. The minimum Gasteiger partial charge on any atom is -0.454 e. The van der Waals surface area contributed by atoms with E-state index in [2.05, 4.69) is 20.8 Å². The molecule has 1 atom stereocenters. The first-order chi connectivity index (χ1) is 9.79. The first kappa shape index (κ1) is 15.5. The summed E-state index contributed by atoms with van der Waals surface area (Å²) in [6, 6.07) is 12.4. The molecule has 0 saturated heterocycles. The van der Waals surface area contributed by atoms with Crippen LogP contribution in [0.2, 0.25) is 0 Å². The smallest absolute Gasteiger partial charge is 0.166 e. The molecule has 2 aromatic carbocycles. The van der Waals surface area contributed by atoms with Gasteiger partial charge in [-0.15, -0.1) is 0 Å². The molecule has 2 aromatic rings. The lowest BCUT2D eigenvalue weighted by atomic mass is 9.86. The summed E-state index contributed by atoms with van der Waals surface area (Å²) >= 11 is 0. The third-order valence-corrected chi connectivity index (χ3v) is 3.40. The van der Waals surface area contributed by atoms with E-state index < -0.39 is 5.82 Å². The average Bonchev–Trinajstić information content (AvgIpc) is 2.40. The number of halogens is 1. The van der Waals surface area contributed by atoms with E-state index in [-0.39, 0.29) is 17.2 Å². The standard InChI is InChI=1S/C18H22FNO/c1-12(20)13-9-10-17(15(19)11-13)21-16-8-6-5-7-14(16)18(2,3)4/h5-12H,20H2,1-4H3/t12-/m1/s1. The van der Waals surface area contributed by atoms with E-state index in [1.165, 1.54) is 6.07 Å². The largest absolute Gasteiger partial charge is 0.454 e. The van der Waals surface area contributed by atoms with Gasteiger partial charge in [-0.05, 0) is 36.1 Å². The van der Waals surface area contributed by atoms with E-state index in [9.17, 15) is 4.39 Å². The van der Waals surface area contributed by atoms with Gasteiger partial charge in [-0.2, -0.15) is 0 Å². The molecule has 0 saturated carbocycles. The summed E-state index contributed by atoms with van der Waals surface area (Å²) in [5.41, 5.74) is 7.48. The fourth-order valence-electron chi connectivity index (χ4n) is 2.18. The van der Waals surface area contributed by atoms with Crippen LogP contribution in [0.3, 0.4) is 0 Å². The predicted molar refractivity (Wildman–Crippen MR) is 84.2 cm³/mol. The average molecular weight is 287 g/mol. The van der Waals surface area contributed by atoms with Crippen molar-refractivity contribution in [1.29, 1.82) is 0 Å². The zero-order valence-electron chi connectivity index (χ0n) is 13.0. The Morgan fingerprint density at radius 3 is 2.29 bits per heavy atom. The Hall–Kier alpha value is -1.87. The van der Waals surface area contributed by atoms with Gasteiger partial charge < -0.3 is 10.5 Å². The molecular formula is C18H22FNO. The van der Waals surface area contributed by atoms with Crippen LogP contribution in [0, 0.1) is 5.82 Å². The zero-order chi connectivity index (χ0) is 15.6. The molecule has 21 heavy (non-hydrogen) atoms. The minimum atomic E-state index is -0.395. The van der Waals surface area contributed by atoms with Crippen LogP contribution in [-0.2, 0) is 5.41 Å². The van der Waals surface area contributed by atoms with Crippen molar-refractivity contribution in [2.24, 2.45) is 5.73 Å². The second-order valence-electron chi connectivity index (χ2n) is 6.33. The summed E-state index contributed by atoms with van der Waals surface area (Å²) in [6.07, 6.45) is 0. The van der Waals surface area contributed by atoms with Crippen molar-refractivity contribution in [3.05, 3.63) is 59.4 Å². The zero-order valence-corrected chi connectivity index (χ0v) is 13.0. The van der Waals surface area contributed by atoms with Crippen molar-refractivity contribution in [2.75, 3.05) is 0 Å². The van der Waals surface area contributed by atoms with Crippen molar-refractivity contribution < 1.29 is 9.13 Å². The molecule has 0 aliphatic carbocycles. The molecule has 0 spiro atoms. The Morgan fingerprint density at radius 1 is 1.05 bits per heavy atom. The molecule has 0 bridgehead atoms. The van der Waals surface area contributed by atoms with Crippen LogP contribution in [0.4, 0.5) is 4.39 Å². The molecule has 112 valence electrons. The van der Waals surface area contributed by atoms with E-state index >= 15 is 0 Å². The lowest BCUT2D eigenvalue weighted by Crippen LogP contribution is -2.12. The molecule has 0 fully saturated rings. The predicted octanol–water partition coefficient (Wildman–Crippen LogP) is 4.94. The lowest BCUT2D eigenvalue weighted by molar-refractivity contribution is 0.424. The van der Waals surface area contributed by atoms with Crippen molar-refractivity contribution >= 4 is 0 Å². The molecule has 0 heterocycles. The summed E-state index contributed by atoms with van der Waals surface area (Å²) in [5.74, 6) is 0.502. The number of hydrogen-bond donors (Lipinski definition) is 1. The van der Waals surface area contributed by atoms with E-state index in [1.54, 1.807) is 12.1 Å². The summed E-state index contributed by atoms with van der Waals surface area (Å²) in [7, 11) is 0. The van der Waals surface area contributed by atoms with Gasteiger partial charge in [0.05, 0.1) is 0 Å². The van der Waals surface area contributed by atoms with Crippen LogP contribution in [0.25, 0.3) is 0 Å². The van der Waals surface area contributed by atoms with Crippen LogP contribution in [0.5, 0.6) is 11.5 Å². The van der Waals surface area contributed by atoms with E-state index in [0.29, 0.717) is 5.75 Å². The van der Waals surface area contributed by atoms with Crippen molar-refractivity contribution in [3.63, 3.8) is 0 Å². The van der Waals surface area contributed by atoms with E-state index in [4.69, 9.17) is 10.5 Å². The van der Waals surface area contributed by atoms with Crippen LogP contribution in [-0.4, -0.2) is 0 Å². The highest BCUT2D eigenvalue weighted by Gasteiger charge is 2.19. The van der Waals surface area contributed by atoms with Gasteiger partial charge in [-0.1, -0.05) is 45.0 Å². The molecule has 0 amide bonds. The molecule has 2 nitrogen and oxygen atoms in total. The summed E-state index contributed by atoms with van der Waals surface area (Å²) in [5, 5.41) is 0. The third-order valence-electron chi connectivity index (χ3n) is 3.40. The fourth-order valence-corrected chi connectivity index (χ4v) is 2.18. The highest BCUT2D eigenvalue weighted by molar-refractivity contribution is 5.42. The molecule has 2 N–H and O–H groups in total. The van der Waals surface area contributed by atoms with Crippen molar-refractivity contribution in [1.82, 2.24) is 0 Å². The maximum atomic E-state index is 14.1. The molecule has 0 aliphatic heterocycles. The summed E-state index contributed by atoms with van der Waals surface area (Å²) in [6.45, 7) is 8.13. The Bertz CT molecular complexity index is 629. The van der Waals surface area contributed by atoms with Gasteiger partial charge in [0.1, 0.15) is 5.75 Å². The van der Waals surface area contributed by atoms with Crippen molar-refractivity contribution in [3.8, 4) is 11.5 Å². The summed E-state index contributed by atoms with van der Waals surface area (Å²) in [4.78, 5) is 0. The van der Waals surface area contributed by atoms with Crippen molar-refractivity contribution in [2.45, 2.75) is 39.2 Å². The van der Waals surface area contributed by atoms with Crippen LogP contribution < -0.4 is 10.5 Å². The molecule has 0 unspecified atom stereocenters. The first-order valence-electron chi connectivity index (χ1n) is 7.11. The first-order valence-corrected chi connectivity index (χ1v) is 7.11. The third kappa shape index (κ3) is 3.61. The molecule has 0 aromatic heterocycles. The van der Waals surface area contributed by atoms with Crippen LogP contribution >= 0.6 is 0 Å². The van der Waals surface area contributed by atoms with Crippen LogP contribution in [0.15, 0.2) is 42.5 Å². The molecule has 2 rings (SSSR count). The monoisotopic (exact) mass is 287 g/mol. The van der Waals surface area contributed by atoms with E-state index in [0.717, 1.165) is 11.1 Å². The minimum absolute atomic E-state index is 0.0707. The fraction of sp³-hybridized carbons (Fsp3) is 0.333. The second-order valence-corrected chi connectivity index (χ2v) is 6.33. The number of hydrogen-bond acceptors (Lipinski definition) is 2. The van der Waals surface area contributed by atoms with Gasteiger partial charge in [-0.25, -0.2) is 4.39 Å². The molecule has 3 heteroatoms. The molecule has 0 aliphatic rings. The van der Waals surface area contributed by atoms with E-state index in [1.807, 2.05) is 31.2 Å². The number of ether oxygens (including phenoxy) is 1. The van der Waals surface area contributed by atoms with Gasteiger partial charge in [0, 0.05) is 11.6 Å². The lowest BCUT2D eigenvalue weighted by Gasteiger charge is -2.22. The van der Waals surface area contributed by atoms with Gasteiger partial charge in [-0.3, -0.25) is 0 Å². The van der Waals surface area contributed by atoms with Crippen LogP contribution in [0.1, 0.15) is 44.9 Å². The summed E-state index contributed by atoms with van der Waals surface area (Å²) < 4.78 is 19.9. The highest BCUT2D eigenvalue weighted by Crippen LogP contribution is 2.35. The van der Waals surface area contributed by atoms with Gasteiger partial charge in [0.2, 0.25) is 0 Å². The number of para-hydroxylation sites is 1. The van der Waals surface area contributed by atoms with Gasteiger partial charge in [0.15, 0.2) is 11.6 Å². The Morgan fingerprint density at radius 2 is 1.71 bits per heavy atom. The second kappa shape index (κ2) is 5.86.